The van der Waals surface area contributed by atoms with Gasteiger partial charge >= 0.3 is 0 Å². The molecular formula is C17H17FO7S2. The first kappa shape index (κ1) is 19.6. The summed E-state index contributed by atoms with van der Waals surface area (Å²) in [6.45, 7) is 1.69. The Bertz CT molecular complexity index is 1110. The second kappa shape index (κ2) is 6.77. The first-order chi connectivity index (χ1) is 12.4. The van der Waals surface area contributed by atoms with Crippen molar-refractivity contribution < 1.29 is 35.3 Å². The van der Waals surface area contributed by atoms with E-state index in [0.717, 1.165) is 17.9 Å². The molecule has 0 bridgehead atoms. The summed E-state index contributed by atoms with van der Waals surface area (Å²) in [6.07, 6.45) is 0.301. The molecule has 3 rings (SSSR count). The molecule has 27 heavy (non-hydrogen) atoms. The number of fused-ring (bicyclic) bond motifs is 1. The van der Waals surface area contributed by atoms with E-state index in [-0.39, 0.29) is 34.3 Å². The molecule has 1 aliphatic rings. The monoisotopic (exact) mass is 416 g/mol. The molecule has 2 aromatic carbocycles. The van der Waals surface area contributed by atoms with E-state index in [0.29, 0.717) is 5.56 Å². The average Bonchev–Trinajstić information content (AvgIpc) is 2.52. The van der Waals surface area contributed by atoms with Gasteiger partial charge in [-0.1, -0.05) is 17.7 Å². The second-order valence-corrected chi connectivity index (χ2v) is 9.75. The van der Waals surface area contributed by atoms with Gasteiger partial charge in [-0.05, 0) is 24.6 Å². The molecule has 0 unspecified atom stereocenters. The van der Waals surface area contributed by atoms with Gasteiger partial charge < -0.3 is 9.47 Å². The van der Waals surface area contributed by atoms with E-state index in [2.05, 4.69) is 0 Å². The van der Waals surface area contributed by atoms with Crippen molar-refractivity contribution in [1.29, 1.82) is 0 Å². The van der Waals surface area contributed by atoms with Crippen molar-refractivity contribution in [3.63, 3.8) is 0 Å². The van der Waals surface area contributed by atoms with Crippen LogP contribution in [0.1, 0.15) is 11.1 Å². The van der Waals surface area contributed by atoms with E-state index in [4.69, 9.17) is 9.47 Å². The van der Waals surface area contributed by atoms with Crippen molar-refractivity contribution in [1.82, 2.24) is 0 Å². The van der Waals surface area contributed by atoms with Gasteiger partial charge in [-0.15, -0.1) is 0 Å². The first-order valence-electron chi connectivity index (χ1n) is 7.85. The molecule has 0 aliphatic carbocycles. The highest BCUT2D eigenvalue weighted by atomic mass is 32.2. The predicted octanol–water partition coefficient (Wildman–Crippen LogP) is 2.17. The van der Waals surface area contributed by atoms with Crippen LogP contribution in [0.4, 0.5) is 4.39 Å². The second-order valence-electron chi connectivity index (χ2n) is 6.35. The lowest BCUT2D eigenvalue weighted by Gasteiger charge is -2.27. The Balaban J connectivity index is 1.94. The molecule has 146 valence electrons. The summed E-state index contributed by atoms with van der Waals surface area (Å²) in [5.41, 5.74) is 1.09. The predicted molar refractivity (Wildman–Crippen MR) is 94.1 cm³/mol. The summed E-state index contributed by atoms with van der Waals surface area (Å²) in [5.74, 6) is -1.13. The number of hydrogen-bond donors (Lipinski definition) is 1. The molecule has 1 N–H and O–H groups in total. The number of benzene rings is 2. The van der Waals surface area contributed by atoms with Crippen LogP contribution in [0.5, 0.6) is 11.5 Å². The van der Waals surface area contributed by atoms with E-state index in [1.807, 2.05) is 0 Å². The highest BCUT2D eigenvalue weighted by molar-refractivity contribution is 7.90. The third-order valence-corrected chi connectivity index (χ3v) is 6.11. The van der Waals surface area contributed by atoms with Crippen molar-refractivity contribution in [2.45, 2.75) is 29.2 Å². The molecule has 7 nitrogen and oxygen atoms in total. The van der Waals surface area contributed by atoms with Crippen LogP contribution in [-0.4, -0.2) is 40.4 Å². The number of rotatable bonds is 4. The minimum atomic E-state index is -4.43. The highest BCUT2D eigenvalue weighted by Gasteiger charge is 2.28. The standard InChI is InChI=1S/C17H17FO7S2/c1-10-3-4-16(27(21,22)23)11(5-10)6-12-9-24-17-14(18)7-13(26(2,19)20)8-15(17)25-12/h3-5,7-8,12H,6,9H2,1-2H3,(H,21,22,23)/t12-/m1/s1. The Kier molecular flexibility index (Phi) is 4.91. The van der Waals surface area contributed by atoms with Crippen molar-refractivity contribution in [2.24, 2.45) is 0 Å². The van der Waals surface area contributed by atoms with Crippen LogP contribution in [-0.2, 0) is 26.4 Å². The van der Waals surface area contributed by atoms with Crippen LogP contribution in [0.15, 0.2) is 40.1 Å². The number of aryl methyl sites for hydroxylation is 1. The van der Waals surface area contributed by atoms with Crippen molar-refractivity contribution in [2.75, 3.05) is 12.9 Å². The zero-order valence-electron chi connectivity index (χ0n) is 14.5. The Morgan fingerprint density at radius 2 is 1.89 bits per heavy atom. The summed E-state index contributed by atoms with van der Waals surface area (Å²) in [7, 11) is -8.08. The van der Waals surface area contributed by atoms with E-state index in [1.165, 1.54) is 12.1 Å². The number of hydrogen-bond acceptors (Lipinski definition) is 6. The normalized spacial score (nSPS) is 17.0. The Labute approximate surface area is 156 Å². The molecule has 1 heterocycles. The van der Waals surface area contributed by atoms with Crippen LogP contribution in [0.25, 0.3) is 0 Å². The fraction of sp³-hybridized carbons (Fsp3) is 0.294. The van der Waals surface area contributed by atoms with Gasteiger partial charge in [-0.25, -0.2) is 12.8 Å². The molecule has 0 amide bonds. The average molecular weight is 416 g/mol. The number of sulfone groups is 1. The molecular weight excluding hydrogens is 399 g/mol. The lowest BCUT2D eigenvalue weighted by atomic mass is 10.0. The Hall–Kier alpha value is -2.17. The molecule has 0 spiro atoms. The van der Waals surface area contributed by atoms with Gasteiger partial charge in [-0.3, -0.25) is 4.55 Å². The van der Waals surface area contributed by atoms with Crippen LogP contribution in [0.2, 0.25) is 0 Å². The van der Waals surface area contributed by atoms with Crippen molar-refractivity contribution >= 4 is 20.0 Å². The lowest BCUT2D eigenvalue weighted by Crippen LogP contribution is -2.32. The summed E-state index contributed by atoms with van der Waals surface area (Å²) < 4.78 is 81.0. The van der Waals surface area contributed by atoms with Crippen LogP contribution < -0.4 is 9.47 Å². The third kappa shape index (κ3) is 4.23. The molecule has 0 fully saturated rings. The van der Waals surface area contributed by atoms with Gasteiger partial charge in [0.1, 0.15) is 12.7 Å². The molecule has 10 heteroatoms. The summed E-state index contributed by atoms with van der Waals surface area (Å²) >= 11 is 0. The fourth-order valence-corrected chi connectivity index (χ4v) is 4.19. The van der Waals surface area contributed by atoms with E-state index in [1.54, 1.807) is 19.1 Å². The molecule has 2 aromatic rings. The first-order valence-corrected chi connectivity index (χ1v) is 11.2. The highest BCUT2D eigenvalue weighted by Crippen LogP contribution is 2.37. The Morgan fingerprint density at radius 3 is 2.52 bits per heavy atom. The van der Waals surface area contributed by atoms with Crippen molar-refractivity contribution in [3.05, 3.63) is 47.3 Å². The topological polar surface area (TPSA) is 107 Å². The number of ether oxygens (including phenoxy) is 2. The maximum Gasteiger partial charge on any atom is 0.294 e. The number of halogens is 1. The van der Waals surface area contributed by atoms with Gasteiger partial charge in [0, 0.05) is 18.7 Å². The maximum absolute atomic E-state index is 14.1. The zero-order valence-corrected chi connectivity index (χ0v) is 16.1. The molecule has 0 aromatic heterocycles. The van der Waals surface area contributed by atoms with E-state index in [9.17, 15) is 25.8 Å². The van der Waals surface area contributed by atoms with Gasteiger partial charge in [-0.2, -0.15) is 8.42 Å². The molecule has 0 saturated heterocycles. The van der Waals surface area contributed by atoms with Gasteiger partial charge in [0.15, 0.2) is 27.2 Å². The van der Waals surface area contributed by atoms with E-state index < -0.39 is 31.9 Å². The molecule has 1 aliphatic heterocycles. The smallest absolute Gasteiger partial charge is 0.294 e. The van der Waals surface area contributed by atoms with Crippen LogP contribution in [0, 0.1) is 12.7 Å². The maximum atomic E-state index is 14.1. The van der Waals surface area contributed by atoms with Gasteiger partial charge in [0.2, 0.25) is 0 Å². The molecule has 1 atom stereocenters. The van der Waals surface area contributed by atoms with E-state index >= 15 is 0 Å². The molecule has 0 radical (unpaired) electrons. The summed E-state index contributed by atoms with van der Waals surface area (Å²) in [5, 5.41) is 0. The minimum absolute atomic E-state index is 0.0565. The zero-order chi connectivity index (χ0) is 20.0. The lowest BCUT2D eigenvalue weighted by molar-refractivity contribution is 0.0860. The summed E-state index contributed by atoms with van der Waals surface area (Å²) in [6, 6.07) is 6.46. The minimum Gasteiger partial charge on any atom is -0.483 e. The van der Waals surface area contributed by atoms with Crippen LogP contribution >= 0.6 is 0 Å². The Morgan fingerprint density at radius 1 is 1.19 bits per heavy atom. The van der Waals surface area contributed by atoms with Crippen LogP contribution in [0.3, 0.4) is 0 Å². The largest absolute Gasteiger partial charge is 0.483 e. The fourth-order valence-electron chi connectivity index (χ4n) is 2.84. The molecule has 0 saturated carbocycles. The van der Waals surface area contributed by atoms with Gasteiger partial charge in [0.05, 0.1) is 9.79 Å². The quantitative estimate of drug-likeness (QED) is 0.761. The SMILES string of the molecule is Cc1ccc(S(=O)(=O)O)c(C[C@@H]2COc3c(F)cc(S(C)(=O)=O)cc3O2)c1. The van der Waals surface area contributed by atoms with Gasteiger partial charge in [0.25, 0.3) is 10.1 Å². The summed E-state index contributed by atoms with van der Waals surface area (Å²) in [4.78, 5) is -0.504. The van der Waals surface area contributed by atoms with Crippen molar-refractivity contribution in [3.8, 4) is 11.5 Å². The third-order valence-electron chi connectivity index (χ3n) is 4.06.